The quantitative estimate of drug-likeness (QED) is 0.403. The molecule has 1 aromatic carbocycles. The molecule has 0 spiro atoms. The first-order valence-corrected chi connectivity index (χ1v) is 12.0. The smallest absolute Gasteiger partial charge is 0.332 e. The molecule has 0 fully saturated rings. The lowest BCUT2D eigenvalue weighted by Crippen LogP contribution is -2.41. The fourth-order valence-corrected chi connectivity index (χ4v) is 4.46. The van der Waals surface area contributed by atoms with Crippen LogP contribution in [0.15, 0.2) is 31.2 Å². The van der Waals surface area contributed by atoms with Crippen LogP contribution in [0.3, 0.4) is 0 Å². The van der Waals surface area contributed by atoms with Gasteiger partial charge in [-0.05, 0) is 31.4 Å². The molecule has 12 heteroatoms. The summed E-state index contributed by atoms with van der Waals surface area (Å²) < 4.78 is 8.09. The maximum Gasteiger partial charge on any atom is 0.332 e. The van der Waals surface area contributed by atoms with Crippen LogP contribution in [0.5, 0.6) is 5.75 Å². The monoisotopic (exact) mass is 525 g/mol. The van der Waals surface area contributed by atoms with Crippen LogP contribution in [0.4, 0.5) is 5.82 Å². The number of phenols is 1. The molecule has 0 atom stereocenters. The molecule has 9 nitrogen and oxygen atoms in total. The Morgan fingerprint density at radius 2 is 1.76 bits per heavy atom. The van der Waals surface area contributed by atoms with E-state index >= 15 is 0 Å². The highest BCUT2D eigenvalue weighted by Crippen LogP contribution is 2.36. The lowest BCUT2D eigenvalue weighted by Gasteiger charge is -2.13. The molecule has 3 aromatic rings. The maximum atomic E-state index is 13.0. The summed E-state index contributed by atoms with van der Waals surface area (Å²) in [6.45, 7) is 2.79. The van der Waals surface area contributed by atoms with Gasteiger partial charge in [0.25, 0.3) is 11.4 Å². The van der Waals surface area contributed by atoms with Crippen LogP contribution in [0, 0.1) is 0 Å². The van der Waals surface area contributed by atoms with Crippen LogP contribution in [-0.2, 0) is 25.9 Å². The molecule has 0 bridgehead atoms. The van der Waals surface area contributed by atoms with Crippen molar-refractivity contribution in [3.8, 4) is 17.2 Å². The summed E-state index contributed by atoms with van der Waals surface area (Å²) in [5, 5.41) is 14.1. The summed E-state index contributed by atoms with van der Waals surface area (Å²) in [4.78, 5) is 34.5. The van der Waals surface area contributed by atoms with E-state index in [1.165, 1.54) is 16.7 Å². The molecule has 0 amide bonds. The number of hydrogen-bond acceptors (Lipinski definition) is 7. The van der Waals surface area contributed by atoms with Crippen molar-refractivity contribution in [2.45, 2.75) is 58.5 Å². The van der Waals surface area contributed by atoms with Gasteiger partial charge in [-0.15, -0.1) is 0 Å². The normalized spacial score (nSPS) is 12.8. The molecule has 0 radical (unpaired) electrons. The predicted octanol–water partition coefficient (Wildman–Crippen LogP) is 4.72. The third-order valence-electron chi connectivity index (χ3n) is 5.54. The van der Waals surface area contributed by atoms with Crippen LogP contribution < -0.4 is 11.2 Å². The Kier molecular flexibility index (Phi) is 7.45. The van der Waals surface area contributed by atoms with Gasteiger partial charge in [-0.3, -0.25) is 13.9 Å². The topological polar surface area (TPSA) is 116 Å². The van der Waals surface area contributed by atoms with Gasteiger partial charge in [-0.2, -0.15) is 4.98 Å². The Balaban J connectivity index is 1.44. The molecule has 34 heavy (non-hydrogen) atoms. The molecule has 0 saturated carbocycles. The number of aromatic nitrogens is 4. The highest BCUT2D eigenvalue weighted by Gasteiger charge is 2.24. The Morgan fingerprint density at radius 3 is 2.47 bits per heavy atom. The zero-order valence-electron chi connectivity index (χ0n) is 18.4. The molecule has 0 unspecified atom stereocenters. The van der Waals surface area contributed by atoms with Gasteiger partial charge in [0, 0.05) is 31.5 Å². The number of aliphatic imine (C=N–C) groups is 1. The van der Waals surface area contributed by atoms with Gasteiger partial charge in [0.1, 0.15) is 11.0 Å². The van der Waals surface area contributed by atoms with E-state index in [2.05, 4.69) is 15.1 Å². The van der Waals surface area contributed by atoms with Crippen molar-refractivity contribution in [3.63, 3.8) is 0 Å². The number of unbranched alkanes of at least 4 members (excludes halogenated alkanes) is 2. The van der Waals surface area contributed by atoms with Gasteiger partial charge in [-0.1, -0.05) is 53.3 Å². The number of benzene rings is 1. The van der Waals surface area contributed by atoms with E-state index in [4.69, 9.17) is 39.3 Å². The summed E-state index contributed by atoms with van der Waals surface area (Å²) in [5.74, 6) is 0.871. The first-order valence-electron chi connectivity index (χ1n) is 10.9. The molecule has 1 aliphatic rings. The molecule has 0 aliphatic carbocycles. The third kappa shape index (κ3) is 4.92. The molecule has 4 rings (SSSR count). The summed E-state index contributed by atoms with van der Waals surface area (Å²) in [6, 6.07) is 2.97. The van der Waals surface area contributed by atoms with Crippen molar-refractivity contribution in [2.75, 3.05) is 0 Å². The van der Waals surface area contributed by atoms with Crippen molar-refractivity contribution in [2.24, 2.45) is 4.99 Å². The van der Waals surface area contributed by atoms with E-state index in [0.717, 1.165) is 12.8 Å². The fourth-order valence-electron chi connectivity index (χ4n) is 3.76. The minimum atomic E-state index is -0.366. The van der Waals surface area contributed by atoms with E-state index in [0.29, 0.717) is 53.7 Å². The van der Waals surface area contributed by atoms with Gasteiger partial charge in [-0.25, -0.2) is 9.79 Å². The summed E-state index contributed by atoms with van der Waals surface area (Å²) in [7, 11) is 0. The summed E-state index contributed by atoms with van der Waals surface area (Å²) in [6.07, 6.45) is 3.64. The molecule has 2 aromatic heterocycles. The molecular weight excluding hydrogens is 505 g/mol. The lowest BCUT2D eigenvalue weighted by molar-refractivity contribution is 0.420. The number of halogens is 3. The van der Waals surface area contributed by atoms with Crippen molar-refractivity contribution in [1.29, 1.82) is 0 Å². The van der Waals surface area contributed by atoms with Crippen LogP contribution in [-0.4, -0.2) is 29.6 Å². The highest BCUT2D eigenvalue weighted by molar-refractivity contribution is 6.66. The minimum absolute atomic E-state index is 0.0818. The van der Waals surface area contributed by atoms with Crippen LogP contribution >= 0.6 is 34.8 Å². The second-order valence-corrected chi connectivity index (χ2v) is 9.22. The van der Waals surface area contributed by atoms with Crippen LogP contribution in [0.1, 0.15) is 44.0 Å². The van der Waals surface area contributed by atoms with Gasteiger partial charge in [0.2, 0.25) is 0 Å². The van der Waals surface area contributed by atoms with Crippen LogP contribution in [0.25, 0.3) is 11.5 Å². The molecule has 3 heterocycles. The summed E-state index contributed by atoms with van der Waals surface area (Å²) >= 11 is 18.0. The molecule has 1 aliphatic heterocycles. The molecule has 180 valence electrons. The van der Waals surface area contributed by atoms with Crippen molar-refractivity contribution >= 4 is 45.8 Å². The summed E-state index contributed by atoms with van der Waals surface area (Å²) in [5.41, 5.74) is 0.254. The lowest BCUT2D eigenvalue weighted by atomic mass is 10.2. The maximum absolute atomic E-state index is 13.0. The largest absolute Gasteiger partial charge is 0.505 e. The van der Waals surface area contributed by atoms with E-state index < -0.39 is 0 Å². The van der Waals surface area contributed by atoms with Crippen molar-refractivity contribution in [1.82, 2.24) is 19.3 Å². The average Bonchev–Trinajstić information content (AvgIpc) is 3.43. The van der Waals surface area contributed by atoms with Crippen molar-refractivity contribution < 1.29 is 9.63 Å². The number of aryl methyl sites for hydroxylation is 1. The fraction of sp³-hybridized carbons (Fsp3) is 0.409. The van der Waals surface area contributed by atoms with E-state index in [1.807, 2.05) is 6.92 Å². The Bertz CT molecular complexity index is 1350. The van der Waals surface area contributed by atoms with Crippen LogP contribution in [0.2, 0.25) is 10.0 Å². The number of hydrogen-bond donors (Lipinski definition) is 1. The van der Waals surface area contributed by atoms with E-state index in [-0.39, 0.29) is 45.9 Å². The van der Waals surface area contributed by atoms with Gasteiger partial charge in [0.05, 0.1) is 15.6 Å². The number of nitrogens with zero attached hydrogens (tertiary/aromatic N) is 5. The third-order valence-corrected chi connectivity index (χ3v) is 6.33. The Hall–Kier alpha value is -2.62. The SMILES string of the molecule is CCCCn1c2c(c(=O)n(CCCCc3noc(-c4cc(Cl)c(O)c(Cl)c4)n3)c1=O)CC(Cl)=N2. The Labute approximate surface area is 209 Å². The first-order chi connectivity index (χ1) is 16.3. The number of rotatable bonds is 9. The number of phenolic OH excluding ortho intramolecular Hbond substituents is 1. The first kappa shape index (κ1) is 24.5. The van der Waals surface area contributed by atoms with E-state index in [1.54, 1.807) is 4.57 Å². The van der Waals surface area contributed by atoms with Gasteiger partial charge in [0.15, 0.2) is 11.6 Å². The molecular formula is C22H22Cl3N5O4. The number of aromatic hydroxyl groups is 1. The number of fused-ring (bicyclic) bond motifs is 1. The molecule has 0 saturated heterocycles. The predicted molar refractivity (Wildman–Crippen MR) is 131 cm³/mol. The average molecular weight is 527 g/mol. The van der Waals surface area contributed by atoms with E-state index in [9.17, 15) is 14.7 Å². The van der Waals surface area contributed by atoms with Gasteiger partial charge >= 0.3 is 5.69 Å². The Morgan fingerprint density at radius 1 is 1.06 bits per heavy atom. The second-order valence-electron chi connectivity index (χ2n) is 7.97. The second kappa shape index (κ2) is 10.3. The highest BCUT2D eigenvalue weighted by atomic mass is 35.5. The molecule has 1 N–H and O–H groups in total. The zero-order valence-corrected chi connectivity index (χ0v) is 20.6. The van der Waals surface area contributed by atoms with Gasteiger partial charge < -0.3 is 9.63 Å². The standard InChI is InChI=1S/C22H22Cl3N5O4/c1-2-3-7-29-19-13(11-16(25)26-19)21(32)30(22(29)33)8-5-4-6-17-27-20(34-28-17)12-9-14(23)18(31)15(24)10-12/h9-10,31H,2-8,11H2,1H3. The van der Waals surface area contributed by atoms with Crippen molar-refractivity contribution in [3.05, 3.63) is 54.4 Å². The minimum Gasteiger partial charge on any atom is -0.505 e. The zero-order chi connectivity index (χ0) is 24.4.